The first kappa shape index (κ1) is 38.0. The highest BCUT2D eigenvalue weighted by Crippen LogP contribution is 2.35. The van der Waals surface area contributed by atoms with Crippen molar-refractivity contribution in [2.24, 2.45) is 30.7 Å². The van der Waals surface area contributed by atoms with Gasteiger partial charge in [0.15, 0.2) is 10.0 Å². The Bertz CT molecular complexity index is 3180. The third kappa shape index (κ3) is 7.71. The van der Waals surface area contributed by atoms with Crippen LogP contribution in [0.25, 0.3) is 43.5 Å². The molecule has 0 amide bonds. The highest BCUT2D eigenvalue weighted by molar-refractivity contribution is 7.19. The Balaban J connectivity index is 0.862. The molecule has 16 heteroatoms. The van der Waals surface area contributed by atoms with E-state index in [0.29, 0.717) is 76.7 Å². The summed E-state index contributed by atoms with van der Waals surface area (Å²) in [6.45, 7) is 7.13. The van der Waals surface area contributed by atoms with Crippen LogP contribution in [-0.4, -0.2) is 21.4 Å². The maximum Gasteiger partial charge on any atom is 0.345 e. The largest absolute Gasteiger partial charge is 0.422 e. The maximum absolute atomic E-state index is 12.9. The summed E-state index contributed by atoms with van der Waals surface area (Å²) in [6.07, 6.45) is 0. The Labute approximate surface area is 348 Å². The number of hydrogen-bond donors (Lipinski definition) is 2. The van der Waals surface area contributed by atoms with Crippen LogP contribution in [0.2, 0.25) is 0 Å². The molecule has 0 aliphatic rings. The zero-order valence-electron chi connectivity index (χ0n) is 32.4. The zero-order chi connectivity index (χ0) is 41.3. The van der Waals surface area contributed by atoms with Gasteiger partial charge in [-0.1, -0.05) is 89.4 Å². The summed E-state index contributed by atoms with van der Waals surface area (Å²) in [5.74, 6) is 0. The van der Waals surface area contributed by atoms with E-state index in [9.17, 15) is 9.59 Å². The molecule has 0 aliphatic carbocycles. The van der Waals surface area contributed by atoms with Crippen molar-refractivity contribution in [3.63, 3.8) is 0 Å². The fourth-order valence-electron chi connectivity index (χ4n) is 6.51. The third-order valence-electron chi connectivity index (χ3n) is 9.59. The third-order valence-corrected chi connectivity index (χ3v) is 11.5. The van der Waals surface area contributed by atoms with Crippen LogP contribution in [0.5, 0.6) is 0 Å². The Kier molecular flexibility index (Phi) is 10.1. The van der Waals surface area contributed by atoms with Gasteiger partial charge in [-0.05, 0) is 91.7 Å². The van der Waals surface area contributed by atoms with Crippen molar-refractivity contribution in [3.8, 4) is 0 Å². The summed E-state index contributed by atoms with van der Waals surface area (Å²) in [6, 6.07) is 34.2. The van der Waals surface area contributed by atoms with Crippen molar-refractivity contribution in [2.75, 3.05) is 10.9 Å². The molecule has 9 aromatic rings. The van der Waals surface area contributed by atoms with E-state index < -0.39 is 11.3 Å². The molecule has 60 heavy (non-hydrogen) atoms. The van der Waals surface area contributed by atoms with Crippen molar-refractivity contribution in [2.45, 2.75) is 27.7 Å². The Morgan fingerprint density at radius 1 is 0.533 bits per heavy atom. The standard InChI is InChI=1S/C44H32N10O4S2/c1-23(33-21-35-31-14-7-5-10-27(31)16-18-37(35)57-41(33)55)47-53-43-45-25(3)39(59-43)51-49-29-12-9-13-30(20-29)50-52-40-26(4)46-44(60-40)54-48-24(2)34-22-36-32-15-8-6-11-28(32)17-19-38(36)58-42(34)56/h5-22H,1-4H3,(H,45,53)(H,46,54)/b47-23+,48-24+,51-49?,52-50?. The van der Waals surface area contributed by atoms with Crippen molar-refractivity contribution >= 4 is 109 Å². The summed E-state index contributed by atoms with van der Waals surface area (Å²) in [4.78, 5) is 34.8. The Morgan fingerprint density at radius 3 is 1.45 bits per heavy atom. The predicted octanol–water partition coefficient (Wildman–Crippen LogP) is 12.2. The van der Waals surface area contributed by atoms with Gasteiger partial charge in [0, 0.05) is 10.8 Å². The van der Waals surface area contributed by atoms with Crippen LogP contribution in [0.1, 0.15) is 36.4 Å². The first-order chi connectivity index (χ1) is 29.2. The lowest BCUT2D eigenvalue weighted by molar-refractivity contribution is 0.559. The monoisotopic (exact) mass is 828 g/mol. The highest BCUT2D eigenvalue weighted by Gasteiger charge is 2.14. The molecule has 0 saturated heterocycles. The number of aromatic nitrogens is 2. The van der Waals surface area contributed by atoms with Crippen LogP contribution in [0.15, 0.2) is 158 Å². The molecule has 9 rings (SSSR count). The number of anilines is 2. The molecule has 0 spiro atoms. The average molecular weight is 829 g/mol. The lowest BCUT2D eigenvalue weighted by atomic mass is 10.0. The molecular formula is C44H32N10O4S2. The smallest absolute Gasteiger partial charge is 0.345 e. The van der Waals surface area contributed by atoms with Gasteiger partial charge in [-0.15, -0.1) is 20.5 Å². The van der Waals surface area contributed by atoms with Gasteiger partial charge in [-0.3, -0.25) is 10.9 Å². The normalized spacial score (nSPS) is 12.5. The summed E-state index contributed by atoms with van der Waals surface area (Å²) < 4.78 is 11.3. The maximum atomic E-state index is 12.9. The topological polar surface area (TPSA) is 184 Å². The predicted molar refractivity (Wildman–Crippen MR) is 240 cm³/mol. The van der Waals surface area contributed by atoms with Crippen molar-refractivity contribution in [3.05, 3.63) is 153 Å². The van der Waals surface area contributed by atoms with Crippen LogP contribution >= 0.6 is 22.7 Å². The first-order valence-corrected chi connectivity index (χ1v) is 20.2. The first-order valence-electron chi connectivity index (χ1n) is 18.6. The molecule has 0 fully saturated rings. The number of hydrogen-bond acceptors (Lipinski definition) is 16. The number of aryl methyl sites for hydroxylation is 2. The minimum atomic E-state index is -0.475. The molecule has 2 N–H and O–H groups in total. The zero-order valence-corrected chi connectivity index (χ0v) is 34.1. The van der Waals surface area contributed by atoms with E-state index in [-0.39, 0.29) is 0 Å². The van der Waals surface area contributed by atoms with Gasteiger partial charge in [0.05, 0.1) is 45.3 Å². The molecule has 294 valence electrons. The van der Waals surface area contributed by atoms with Crippen LogP contribution in [0.4, 0.5) is 31.6 Å². The molecule has 14 nitrogen and oxygen atoms in total. The minimum Gasteiger partial charge on any atom is -0.422 e. The van der Waals surface area contributed by atoms with Crippen molar-refractivity contribution in [1.82, 2.24) is 9.97 Å². The molecular weight excluding hydrogens is 797 g/mol. The van der Waals surface area contributed by atoms with E-state index in [1.165, 1.54) is 22.7 Å². The number of thiazole rings is 2. The van der Waals surface area contributed by atoms with Gasteiger partial charge < -0.3 is 8.83 Å². The van der Waals surface area contributed by atoms with Gasteiger partial charge in [0.2, 0.25) is 10.3 Å². The van der Waals surface area contributed by atoms with Crippen molar-refractivity contribution < 1.29 is 8.83 Å². The van der Waals surface area contributed by atoms with Crippen LogP contribution in [-0.2, 0) is 0 Å². The molecule has 0 aliphatic heterocycles. The number of hydrazone groups is 2. The number of fused-ring (bicyclic) bond motifs is 6. The van der Waals surface area contributed by atoms with E-state index in [1.807, 2.05) is 105 Å². The van der Waals surface area contributed by atoms with E-state index in [1.54, 1.807) is 32.0 Å². The quantitative estimate of drug-likeness (QED) is 0.0448. The number of benzene rings is 5. The van der Waals surface area contributed by atoms with E-state index in [4.69, 9.17) is 8.83 Å². The van der Waals surface area contributed by atoms with E-state index in [0.717, 1.165) is 32.3 Å². The summed E-state index contributed by atoms with van der Waals surface area (Å²) >= 11 is 2.54. The number of rotatable bonds is 10. The van der Waals surface area contributed by atoms with Crippen LogP contribution in [0, 0.1) is 13.8 Å². The molecule has 0 bridgehead atoms. The van der Waals surface area contributed by atoms with E-state index >= 15 is 0 Å². The Hall–Kier alpha value is -7.56. The van der Waals surface area contributed by atoms with Crippen LogP contribution in [0.3, 0.4) is 0 Å². The lowest BCUT2D eigenvalue weighted by Gasteiger charge is -2.05. The van der Waals surface area contributed by atoms with Gasteiger partial charge in [0.1, 0.15) is 11.2 Å². The van der Waals surface area contributed by atoms with Crippen molar-refractivity contribution in [1.29, 1.82) is 0 Å². The molecule has 0 radical (unpaired) electrons. The fourth-order valence-corrected chi connectivity index (χ4v) is 7.98. The molecule has 0 atom stereocenters. The van der Waals surface area contributed by atoms with E-state index in [2.05, 4.69) is 51.5 Å². The summed E-state index contributed by atoms with van der Waals surface area (Å²) in [5.41, 5.74) is 10.0. The van der Waals surface area contributed by atoms with Gasteiger partial charge >= 0.3 is 11.3 Å². The number of nitrogens with one attached hydrogen (secondary N) is 2. The second-order valence-corrected chi connectivity index (χ2v) is 15.6. The van der Waals surface area contributed by atoms with Gasteiger partial charge in [0.25, 0.3) is 0 Å². The number of nitrogens with zero attached hydrogens (tertiary/aromatic N) is 8. The highest BCUT2D eigenvalue weighted by atomic mass is 32.1. The second-order valence-electron chi connectivity index (χ2n) is 13.6. The minimum absolute atomic E-state index is 0.349. The molecule has 4 heterocycles. The van der Waals surface area contributed by atoms with Crippen LogP contribution < -0.4 is 22.1 Å². The Morgan fingerprint density at radius 2 is 0.983 bits per heavy atom. The average Bonchev–Trinajstić information content (AvgIpc) is 3.82. The lowest BCUT2D eigenvalue weighted by Crippen LogP contribution is -2.13. The summed E-state index contributed by atoms with van der Waals surface area (Å²) in [7, 11) is 0. The fraction of sp³-hybridized carbons (Fsp3) is 0.0909. The molecule has 0 saturated carbocycles. The SMILES string of the molecule is C/C(=N\Nc1nc(C)c(N=Nc2cccc(N=Nc3sc(N/N=C(\C)c4cc5c(ccc6ccccc65)oc4=O)nc3C)c2)s1)c1cc2c(ccc3ccccc32)oc1=O. The van der Waals surface area contributed by atoms with Gasteiger partial charge in [-0.25, -0.2) is 19.6 Å². The molecule has 0 unspecified atom stereocenters. The molecule has 4 aromatic heterocycles. The molecule has 5 aromatic carbocycles. The summed E-state index contributed by atoms with van der Waals surface area (Å²) in [5, 5.41) is 34.4. The second kappa shape index (κ2) is 16.0. The van der Waals surface area contributed by atoms with Gasteiger partial charge in [-0.2, -0.15) is 10.2 Å². The number of azo groups is 2.